The molecule has 0 atom stereocenters. The van der Waals surface area contributed by atoms with E-state index in [-0.39, 0.29) is 0 Å². The lowest BCUT2D eigenvalue weighted by atomic mass is 9.89. The fraction of sp³-hybridized carbons (Fsp3) is 0.162. The summed E-state index contributed by atoms with van der Waals surface area (Å²) in [5.74, 6) is 0. The summed E-state index contributed by atoms with van der Waals surface area (Å²) in [7, 11) is 2.21. The molecule has 0 spiro atoms. The van der Waals surface area contributed by atoms with Gasteiger partial charge in [-0.3, -0.25) is 4.99 Å². The van der Waals surface area contributed by atoms with Gasteiger partial charge in [0, 0.05) is 35.5 Å². The van der Waals surface area contributed by atoms with Crippen LogP contribution in [0.3, 0.4) is 0 Å². The van der Waals surface area contributed by atoms with E-state index in [4.69, 9.17) is 4.99 Å². The molecule has 2 aliphatic carbocycles. The van der Waals surface area contributed by atoms with Crippen molar-refractivity contribution in [1.29, 1.82) is 0 Å². The lowest BCUT2D eigenvalue weighted by Gasteiger charge is -2.21. The molecule has 0 radical (unpaired) electrons. The summed E-state index contributed by atoms with van der Waals surface area (Å²) in [6.45, 7) is 6.66. The molecular formula is C37H33BN2. The van der Waals surface area contributed by atoms with E-state index in [1.807, 2.05) is 0 Å². The molecule has 0 N–H and O–H groups in total. The topological polar surface area (TPSA) is 17.3 Å². The van der Waals surface area contributed by atoms with Crippen molar-refractivity contribution in [2.75, 3.05) is 0 Å². The monoisotopic (exact) mass is 516 g/mol. The van der Waals surface area contributed by atoms with Gasteiger partial charge in [0.25, 0.3) is 0 Å². The van der Waals surface area contributed by atoms with Crippen LogP contribution in [0.25, 0.3) is 23.3 Å². The zero-order valence-electron chi connectivity index (χ0n) is 23.8. The lowest BCUT2D eigenvalue weighted by Crippen LogP contribution is -2.10. The molecule has 0 fully saturated rings. The highest BCUT2D eigenvalue weighted by molar-refractivity contribution is 6.12. The van der Waals surface area contributed by atoms with Crippen molar-refractivity contribution in [3.8, 4) is 0 Å². The van der Waals surface area contributed by atoms with E-state index in [1.54, 1.807) is 0 Å². The molecule has 0 unspecified atom stereocenters. The van der Waals surface area contributed by atoms with Crippen molar-refractivity contribution in [1.82, 2.24) is 4.48 Å². The molecule has 3 aromatic carbocycles. The second-order valence-electron chi connectivity index (χ2n) is 11.5. The number of aryl methyl sites for hydroxylation is 3. The van der Waals surface area contributed by atoms with Crippen molar-refractivity contribution in [3.63, 3.8) is 0 Å². The molecule has 2 nitrogen and oxygen atoms in total. The van der Waals surface area contributed by atoms with Crippen LogP contribution in [0, 0.1) is 20.8 Å². The average molecular weight is 516 g/mol. The van der Waals surface area contributed by atoms with E-state index in [0.717, 1.165) is 25.0 Å². The standard InChI is InChI=1S/C37H33BN2/c1-23-17-24(2)36(25(3)18-23)37(33-14-8-13-32(39-33)30-19-26-9-4-5-10-27(26)20-30)35-16-15-34(40(35)38)31-21-28-11-6-7-12-29(28)22-31/h4-12,14-19,21H,13,20,22,38H2,1-3H3/b37-33+. The molecule has 3 aliphatic rings. The molecule has 0 saturated heterocycles. The van der Waals surface area contributed by atoms with Crippen LogP contribution in [0.2, 0.25) is 0 Å². The van der Waals surface area contributed by atoms with E-state index in [2.05, 4.69) is 130 Å². The third-order valence-electron chi connectivity index (χ3n) is 8.63. The van der Waals surface area contributed by atoms with Gasteiger partial charge in [-0.25, -0.2) is 0 Å². The van der Waals surface area contributed by atoms with E-state index < -0.39 is 0 Å². The number of hydrogen-bond donors (Lipinski definition) is 0. The third kappa shape index (κ3) is 4.17. The zero-order chi connectivity index (χ0) is 27.4. The van der Waals surface area contributed by atoms with Gasteiger partial charge in [-0.1, -0.05) is 72.3 Å². The van der Waals surface area contributed by atoms with Gasteiger partial charge >= 0.3 is 0 Å². The molecule has 1 aromatic heterocycles. The molecule has 194 valence electrons. The van der Waals surface area contributed by atoms with Gasteiger partial charge in [-0.05, 0) is 108 Å². The Labute approximate surface area is 238 Å². The number of dihydropyridines is 1. The number of rotatable bonds is 4. The summed E-state index contributed by atoms with van der Waals surface area (Å²) in [5.41, 5.74) is 19.2. The SMILES string of the molecule is Bn1c(C2=Cc3ccccc3C2)ccc1/C(=C1/C=CCC(C2=Cc3ccccc3C2)=N1)c1c(C)cc(C)cc1C. The van der Waals surface area contributed by atoms with Crippen molar-refractivity contribution >= 4 is 37.0 Å². The predicted octanol–water partition coefficient (Wildman–Crippen LogP) is 7.71. The molecular weight excluding hydrogens is 483 g/mol. The summed E-state index contributed by atoms with van der Waals surface area (Å²) in [6, 6.07) is 26.6. The third-order valence-corrected chi connectivity index (χ3v) is 8.63. The van der Waals surface area contributed by atoms with Crippen molar-refractivity contribution in [2.24, 2.45) is 4.99 Å². The largest absolute Gasteiger partial charge is 0.393 e. The Balaban J connectivity index is 1.38. The molecule has 0 amide bonds. The van der Waals surface area contributed by atoms with Crippen LogP contribution in [0.15, 0.2) is 101 Å². The minimum atomic E-state index is 0.867. The molecule has 0 saturated carbocycles. The first-order chi connectivity index (χ1) is 19.5. The smallest absolute Gasteiger partial charge is 0.223 e. The molecule has 2 heterocycles. The fourth-order valence-corrected chi connectivity index (χ4v) is 6.81. The fourth-order valence-electron chi connectivity index (χ4n) is 6.81. The van der Waals surface area contributed by atoms with Crippen LogP contribution in [-0.4, -0.2) is 18.2 Å². The maximum absolute atomic E-state index is 5.40. The van der Waals surface area contributed by atoms with Crippen molar-refractivity contribution in [2.45, 2.75) is 40.0 Å². The van der Waals surface area contributed by atoms with Gasteiger partial charge in [0.05, 0.1) is 5.70 Å². The van der Waals surface area contributed by atoms with Crippen LogP contribution < -0.4 is 0 Å². The summed E-state index contributed by atoms with van der Waals surface area (Å²) < 4.78 is 2.38. The molecule has 4 aromatic rings. The Bertz CT molecular complexity index is 1830. The second-order valence-corrected chi connectivity index (χ2v) is 11.5. The van der Waals surface area contributed by atoms with Gasteiger partial charge in [0.1, 0.15) is 0 Å². The number of nitrogens with zero attached hydrogens (tertiary/aromatic N) is 2. The maximum Gasteiger partial charge on any atom is 0.223 e. The summed E-state index contributed by atoms with van der Waals surface area (Å²) in [5, 5.41) is 0. The second kappa shape index (κ2) is 9.68. The number of allylic oxidation sites excluding steroid dienone is 4. The Hall–Kier alpha value is -4.37. The number of aliphatic imine (C=N–C) groups is 1. The first-order valence-corrected chi connectivity index (χ1v) is 14.3. The highest BCUT2D eigenvalue weighted by Crippen LogP contribution is 2.39. The first kappa shape index (κ1) is 24.7. The van der Waals surface area contributed by atoms with E-state index in [9.17, 15) is 0 Å². The summed E-state index contributed by atoms with van der Waals surface area (Å²) in [4.78, 5) is 5.40. The minimum absolute atomic E-state index is 0.867. The van der Waals surface area contributed by atoms with Crippen LogP contribution >= 0.6 is 0 Å². The normalized spacial score (nSPS) is 16.8. The summed E-state index contributed by atoms with van der Waals surface area (Å²) in [6.07, 6.45) is 12.0. The van der Waals surface area contributed by atoms with E-state index in [0.29, 0.717) is 0 Å². The van der Waals surface area contributed by atoms with Crippen molar-refractivity contribution in [3.05, 3.63) is 152 Å². The van der Waals surface area contributed by atoms with Crippen LogP contribution in [0.1, 0.15) is 62.3 Å². The van der Waals surface area contributed by atoms with Crippen molar-refractivity contribution < 1.29 is 0 Å². The Morgan fingerprint density at radius 1 is 0.775 bits per heavy atom. The Morgan fingerprint density at radius 2 is 1.40 bits per heavy atom. The zero-order valence-corrected chi connectivity index (χ0v) is 23.8. The van der Waals surface area contributed by atoms with Gasteiger partial charge in [0.2, 0.25) is 7.98 Å². The quantitative estimate of drug-likeness (QED) is 0.247. The minimum Gasteiger partial charge on any atom is -0.393 e. The molecule has 3 heteroatoms. The number of fused-ring (bicyclic) bond motifs is 2. The van der Waals surface area contributed by atoms with Gasteiger partial charge in [-0.15, -0.1) is 0 Å². The van der Waals surface area contributed by atoms with E-state index in [1.165, 1.54) is 78.3 Å². The molecule has 1 aliphatic heterocycles. The highest BCUT2D eigenvalue weighted by atomic mass is 14.9. The van der Waals surface area contributed by atoms with Gasteiger partial charge in [0.15, 0.2) is 0 Å². The average Bonchev–Trinajstić information content (AvgIpc) is 3.67. The molecule has 0 bridgehead atoms. The molecule has 40 heavy (non-hydrogen) atoms. The van der Waals surface area contributed by atoms with Crippen LogP contribution in [0.5, 0.6) is 0 Å². The Morgan fingerprint density at radius 3 is 2.08 bits per heavy atom. The number of benzene rings is 3. The van der Waals surface area contributed by atoms with Gasteiger partial charge < -0.3 is 4.48 Å². The number of aromatic nitrogens is 1. The number of hydrogen-bond acceptors (Lipinski definition) is 1. The molecule has 7 rings (SSSR count). The van der Waals surface area contributed by atoms with Crippen LogP contribution in [-0.2, 0) is 12.8 Å². The maximum atomic E-state index is 5.40. The summed E-state index contributed by atoms with van der Waals surface area (Å²) >= 11 is 0. The van der Waals surface area contributed by atoms with Crippen LogP contribution in [0.4, 0.5) is 0 Å². The highest BCUT2D eigenvalue weighted by Gasteiger charge is 2.24. The van der Waals surface area contributed by atoms with Gasteiger partial charge in [-0.2, -0.15) is 0 Å². The predicted molar refractivity (Wildman–Crippen MR) is 172 cm³/mol. The lowest BCUT2D eigenvalue weighted by molar-refractivity contribution is 1.14. The van der Waals surface area contributed by atoms with E-state index >= 15 is 0 Å². The Kier molecular flexibility index (Phi) is 5.97. The first-order valence-electron chi connectivity index (χ1n) is 14.3.